The first kappa shape index (κ1) is 18.1. The second kappa shape index (κ2) is 6.70. The van der Waals surface area contributed by atoms with Gasteiger partial charge >= 0.3 is 0 Å². The van der Waals surface area contributed by atoms with E-state index in [0.29, 0.717) is 13.0 Å². The number of rotatable bonds is 6. The maximum atomic E-state index is 12.2. The van der Waals surface area contributed by atoms with E-state index in [-0.39, 0.29) is 17.7 Å². The molecule has 2 N–H and O–H groups in total. The van der Waals surface area contributed by atoms with Gasteiger partial charge in [0.05, 0.1) is 5.41 Å². The minimum Gasteiger partial charge on any atom is -0.351 e. The van der Waals surface area contributed by atoms with Gasteiger partial charge in [0.15, 0.2) is 0 Å². The van der Waals surface area contributed by atoms with Gasteiger partial charge < -0.3 is 10.6 Å². The quantitative estimate of drug-likeness (QED) is 0.760. The van der Waals surface area contributed by atoms with Crippen molar-refractivity contribution < 1.29 is 9.59 Å². The molecule has 1 aliphatic rings. The van der Waals surface area contributed by atoms with Crippen LogP contribution in [0.3, 0.4) is 0 Å². The van der Waals surface area contributed by atoms with Crippen molar-refractivity contribution in [3.8, 4) is 0 Å². The van der Waals surface area contributed by atoms with Crippen molar-refractivity contribution in [2.45, 2.75) is 44.5 Å². The van der Waals surface area contributed by atoms with E-state index < -0.39 is 9.75 Å². The predicted molar refractivity (Wildman–Crippen MR) is 93.5 cm³/mol. The maximum absolute atomic E-state index is 12.2. The third-order valence-electron chi connectivity index (χ3n) is 4.47. The smallest absolute Gasteiger partial charge is 0.229 e. The van der Waals surface area contributed by atoms with Crippen LogP contribution in [0, 0.1) is 11.3 Å². The number of hydrogen-bond acceptors (Lipinski definition) is 2. The largest absolute Gasteiger partial charge is 0.351 e. The summed E-state index contributed by atoms with van der Waals surface area (Å²) in [5, 5.41) is 5.73. The zero-order chi connectivity index (χ0) is 17.3. The van der Waals surface area contributed by atoms with Gasteiger partial charge in [-0.2, -0.15) is 0 Å². The molecule has 0 aliphatic heterocycles. The van der Waals surface area contributed by atoms with Crippen LogP contribution in [0.5, 0.6) is 0 Å². The van der Waals surface area contributed by atoms with E-state index in [4.69, 9.17) is 23.2 Å². The monoisotopic (exact) mass is 356 g/mol. The van der Waals surface area contributed by atoms with Crippen LogP contribution < -0.4 is 10.6 Å². The second-order valence-corrected chi connectivity index (χ2v) is 7.88. The van der Waals surface area contributed by atoms with E-state index in [1.54, 1.807) is 6.92 Å². The van der Waals surface area contributed by atoms with Crippen LogP contribution in [0.25, 0.3) is 0 Å². The van der Waals surface area contributed by atoms with Gasteiger partial charge in [-0.25, -0.2) is 0 Å². The molecular formula is C17H22Cl2N2O2. The SMILES string of the molecule is CC[C@@H](C)C(=O)Nc1cccc(CNC(=O)[C@]2(C)CC2(Cl)Cl)c1. The van der Waals surface area contributed by atoms with E-state index in [1.165, 1.54) is 0 Å². The number of carbonyl (C=O) groups excluding carboxylic acids is 2. The Morgan fingerprint density at radius 3 is 2.57 bits per heavy atom. The molecule has 23 heavy (non-hydrogen) atoms. The predicted octanol–water partition coefficient (Wildman–Crippen LogP) is 3.87. The van der Waals surface area contributed by atoms with Crippen molar-refractivity contribution >= 4 is 40.7 Å². The number of amides is 2. The lowest BCUT2D eigenvalue weighted by Gasteiger charge is -2.14. The van der Waals surface area contributed by atoms with Crippen molar-refractivity contribution in [2.75, 3.05) is 5.32 Å². The summed E-state index contributed by atoms with van der Waals surface area (Å²) in [5.41, 5.74) is 0.904. The maximum Gasteiger partial charge on any atom is 0.229 e. The minimum absolute atomic E-state index is 0.00626. The van der Waals surface area contributed by atoms with E-state index in [1.807, 2.05) is 38.1 Å². The number of carbonyl (C=O) groups is 2. The first-order chi connectivity index (χ1) is 10.7. The number of nitrogens with one attached hydrogen (secondary N) is 2. The number of alkyl halides is 2. The summed E-state index contributed by atoms with van der Waals surface area (Å²) in [4.78, 5) is 24.1. The molecule has 1 saturated carbocycles. The Morgan fingerprint density at radius 2 is 2.00 bits per heavy atom. The molecule has 0 spiro atoms. The molecule has 2 rings (SSSR count). The third-order valence-corrected chi connectivity index (χ3v) is 5.57. The average Bonchev–Trinajstić information content (AvgIpc) is 3.04. The molecule has 0 heterocycles. The minimum atomic E-state index is -0.969. The average molecular weight is 357 g/mol. The molecule has 2 amide bonds. The van der Waals surface area contributed by atoms with Gasteiger partial charge in [-0.15, -0.1) is 23.2 Å². The highest BCUT2D eigenvalue weighted by molar-refractivity contribution is 6.53. The lowest BCUT2D eigenvalue weighted by Crippen LogP contribution is -2.32. The molecule has 126 valence electrons. The van der Waals surface area contributed by atoms with Crippen LogP contribution in [0.4, 0.5) is 5.69 Å². The molecule has 2 atom stereocenters. The van der Waals surface area contributed by atoms with Crippen molar-refractivity contribution in [1.29, 1.82) is 0 Å². The van der Waals surface area contributed by atoms with Gasteiger partial charge in [0.25, 0.3) is 0 Å². The number of benzene rings is 1. The lowest BCUT2D eigenvalue weighted by atomic mass is 10.1. The van der Waals surface area contributed by atoms with Gasteiger partial charge in [0.2, 0.25) is 11.8 Å². The molecule has 1 aliphatic carbocycles. The van der Waals surface area contributed by atoms with E-state index >= 15 is 0 Å². The van der Waals surface area contributed by atoms with E-state index in [2.05, 4.69) is 10.6 Å². The molecular weight excluding hydrogens is 335 g/mol. The fourth-order valence-electron chi connectivity index (χ4n) is 2.23. The molecule has 0 unspecified atom stereocenters. The zero-order valence-corrected chi connectivity index (χ0v) is 15.1. The summed E-state index contributed by atoms with van der Waals surface area (Å²) >= 11 is 12.0. The fourth-order valence-corrected chi connectivity index (χ4v) is 2.94. The van der Waals surface area contributed by atoms with Crippen molar-refractivity contribution in [3.05, 3.63) is 29.8 Å². The Hall–Kier alpha value is -1.26. The van der Waals surface area contributed by atoms with Gasteiger partial charge in [-0.3, -0.25) is 9.59 Å². The zero-order valence-electron chi connectivity index (χ0n) is 13.6. The summed E-state index contributed by atoms with van der Waals surface area (Å²) in [5.74, 6) is -0.196. The Bertz CT molecular complexity index is 618. The number of halogens is 2. The highest BCUT2D eigenvalue weighted by Crippen LogP contribution is 2.63. The van der Waals surface area contributed by atoms with Crippen molar-refractivity contribution in [3.63, 3.8) is 0 Å². The fraction of sp³-hybridized carbons (Fsp3) is 0.529. The summed E-state index contributed by atoms with van der Waals surface area (Å²) in [7, 11) is 0. The highest BCUT2D eigenvalue weighted by Gasteiger charge is 2.67. The molecule has 0 bridgehead atoms. The van der Waals surface area contributed by atoms with Gasteiger partial charge in [-0.05, 0) is 37.5 Å². The molecule has 0 aromatic heterocycles. The standard InChI is InChI=1S/C17H22Cl2N2O2/c1-4-11(2)14(22)21-13-7-5-6-12(8-13)9-20-15(23)16(3)10-17(16,18)19/h5-8,11H,4,9-10H2,1-3H3,(H,20,23)(H,21,22)/t11-,16+/m1/s1. The molecule has 0 radical (unpaired) electrons. The first-order valence-corrected chi connectivity index (χ1v) is 8.51. The van der Waals surface area contributed by atoms with Gasteiger partial charge in [0, 0.05) is 18.2 Å². The van der Waals surface area contributed by atoms with Gasteiger partial charge in [0.1, 0.15) is 4.33 Å². The third kappa shape index (κ3) is 3.99. The van der Waals surface area contributed by atoms with Crippen LogP contribution in [0.15, 0.2) is 24.3 Å². The highest BCUT2D eigenvalue weighted by atomic mass is 35.5. The van der Waals surface area contributed by atoms with Crippen LogP contribution >= 0.6 is 23.2 Å². The molecule has 0 saturated heterocycles. The lowest BCUT2D eigenvalue weighted by molar-refractivity contribution is -0.126. The van der Waals surface area contributed by atoms with Crippen molar-refractivity contribution in [2.24, 2.45) is 11.3 Å². The molecule has 1 aromatic carbocycles. The Morgan fingerprint density at radius 1 is 1.35 bits per heavy atom. The number of anilines is 1. The summed E-state index contributed by atoms with van der Waals surface area (Å²) in [6.45, 7) is 5.99. The molecule has 1 aromatic rings. The van der Waals surface area contributed by atoms with E-state index in [0.717, 1.165) is 17.7 Å². The van der Waals surface area contributed by atoms with Crippen LogP contribution in [-0.2, 0) is 16.1 Å². The van der Waals surface area contributed by atoms with Crippen LogP contribution in [-0.4, -0.2) is 16.1 Å². The summed E-state index contributed by atoms with van der Waals surface area (Å²) < 4.78 is -0.969. The Labute approximate surface area is 146 Å². The summed E-state index contributed by atoms with van der Waals surface area (Å²) in [6.07, 6.45) is 1.25. The summed E-state index contributed by atoms with van der Waals surface area (Å²) in [6, 6.07) is 7.42. The molecule has 1 fully saturated rings. The normalized spacial score (nSPS) is 23.0. The second-order valence-electron chi connectivity index (χ2n) is 6.39. The van der Waals surface area contributed by atoms with Crippen LogP contribution in [0.1, 0.15) is 39.2 Å². The first-order valence-electron chi connectivity index (χ1n) is 7.75. The van der Waals surface area contributed by atoms with Crippen molar-refractivity contribution in [1.82, 2.24) is 5.32 Å². The van der Waals surface area contributed by atoms with Gasteiger partial charge in [-0.1, -0.05) is 26.0 Å². The Balaban J connectivity index is 1.93. The topological polar surface area (TPSA) is 58.2 Å². The van der Waals surface area contributed by atoms with E-state index in [9.17, 15) is 9.59 Å². The molecule has 4 nitrogen and oxygen atoms in total. The van der Waals surface area contributed by atoms with Crippen LogP contribution in [0.2, 0.25) is 0 Å². The Kier molecular flexibility index (Phi) is 5.27. The number of hydrogen-bond donors (Lipinski definition) is 2. The molecule has 6 heteroatoms.